The SMILES string of the molecule is CCC(CC)C(=O)/C=C(\O)C(CC)CC.Cc1c[c-]c(-c2ccccn2)c2oc3c(-c4cccc5ccncc45)cccc3c12.[Ir]. The summed E-state index contributed by atoms with van der Waals surface area (Å²) in [5, 5.41) is 14.3. The summed E-state index contributed by atoms with van der Waals surface area (Å²) in [6, 6.07) is 26.0. The molecular formula is C40H41IrN2O3-. The minimum absolute atomic E-state index is 0. The van der Waals surface area contributed by atoms with E-state index in [0.717, 1.165) is 86.3 Å². The Hall–Kier alpha value is -4.12. The van der Waals surface area contributed by atoms with Crippen molar-refractivity contribution in [1.82, 2.24) is 9.97 Å². The van der Waals surface area contributed by atoms with Gasteiger partial charge in [-0.15, -0.1) is 17.7 Å². The molecule has 3 aromatic heterocycles. The number of aliphatic hydroxyl groups is 1. The Morgan fingerprint density at radius 3 is 2.26 bits per heavy atom. The van der Waals surface area contributed by atoms with E-state index in [1.54, 1.807) is 6.20 Å². The first kappa shape index (κ1) is 34.7. The molecule has 0 fully saturated rings. The van der Waals surface area contributed by atoms with Crippen LogP contribution in [0.3, 0.4) is 0 Å². The Kier molecular flexibility index (Phi) is 12.0. The second kappa shape index (κ2) is 15.9. The van der Waals surface area contributed by atoms with Gasteiger partial charge in [-0.2, -0.15) is 0 Å². The number of allylic oxidation sites excluding steroid dienone is 2. The fraction of sp³-hybridized carbons (Fsp3) is 0.275. The maximum absolute atomic E-state index is 11.7. The Bertz CT molecular complexity index is 1950. The first-order chi connectivity index (χ1) is 21.9. The van der Waals surface area contributed by atoms with Gasteiger partial charge in [0.2, 0.25) is 0 Å². The number of pyridine rings is 2. The number of hydrogen-bond donors (Lipinski definition) is 1. The number of benzene rings is 3. The van der Waals surface area contributed by atoms with Crippen LogP contribution in [-0.4, -0.2) is 20.9 Å². The van der Waals surface area contributed by atoms with E-state index in [1.165, 1.54) is 6.08 Å². The van der Waals surface area contributed by atoms with E-state index in [-0.39, 0.29) is 43.5 Å². The second-order valence-electron chi connectivity index (χ2n) is 11.5. The van der Waals surface area contributed by atoms with Crippen LogP contribution in [0.1, 0.15) is 58.9 Å². The standard InChI is InChI=1S/C27H17N2O.C13H24O2.Ir/c1-17-11-12-21(24-10-2-3-14-29-24)27-25(17)22-9-5-8-20(26(22)30-27)19-7-4-6-18-13-15-28-16-23(18)19;1-5-10(6-2)12(14)9-13(15)11(7-3)8-4;/h2-11,13-16H,1H3;9-11,14H,5-8H2,1-4H3;/q-1;;/b;12-9-;. The van der Waals surface area contributed by atoms with Crippen molar-refractivity contribution >= 4 is 38.5 Å². The Labute approximate surface area is 285 Å². The number of aryl methyl sites for hydroxylation is 1. The molecule has 0 atom stereocenters. The van der Waals surface area contributed by atoms with Gasteiger partial charge in [-0.1, -0.05) is 94.1 Å². The molecule has 0 aliphatic rings. The monoisotopic (exact) mass is 790 g/mol. The van der Waals surface area contributed by atoms with Crippen molar-refractivity contribution in [1.29, 1.82) is 0 Å². The molecule has 3 aromatic carbocycles. The number of carbonyl (C=O) groups excluding carboxylic acids is 1. The number of furan rings is 1. The maximum atomic E-state index is 11.7. The normalized spacial score (nSPS) is 11.6. The van der Waals surface area contributed by atoms with Crippen LogP contribution >= 0.6 is 0 Å². The molecule has 0 spiro atoms. The van der Waals surface area contributed by atoms with Gasteiger partial charge in [0.05, 0.1) is 11.3 Å². The summed E-state index contributed by atoms with van der Waals surface area (Å²) >= 11 is 0. The van der Waals surface area contributed by atoms with E-state index in [1.807, 2.05) is 70.4 Å². The van der Waals surface area contributed by atoms with Crippen molar-refractivity contribution in [3.63, 3.8) is 0 Å². The Balaban J connectivity index is 0.000000259. The zero-order valence-electron chi connectivity index (χ0n) is 27.1. The average molecular weight is 790 g/mol. The second-order valence-corrected chi connectivity index (χ2v) is 11.5. The van der Waals surface area contributed by atoms with E-state index >= 15 is 0 Å². The third kappa shape index (κ3) is 7.14. The molecule has 1 N–H and O–H groups in total. The Morgan fingerprint density at radius 2 is 1.57 bits per heavy atom. The van der Waals surface area contributed by atoms with E-state index in [4.69, 9.17) is 4.42 Å². The summed E-state index contributed by atoms with van der Waals surface area (Å²) in [4.78, 5) is 20.6. The number of aliphatic hydroxyl groups excluding tert-OH is 1. The summed E-state index contributed by atoms with van der Waals surface area (Å²) in [6.07, 6.45) is 10.5. The van der Waals surface area contributed by atoms with Crippen LogP contribution in [0.2, 0.25) is 0 Å². The molecule has 0 bridgehead atoms. The van der Waals surface area contributed by atoms with Crippen LogP contribution < -0.4 is 0 Å². The molecule has 239 valence electrons. The third-order valence-corrected chi connectivity index (χ3v) is 8.75. The van der Waals surface area contributed by atoms with Crippen LogP contribution in [0.25, 0.3) is 55.1 Å². The molecule has 0 aliphatic carbocycles. The van der Waals surface area contributed by atoms with Crippen molar-refractivity contribution in [3.05, 3.63) is 109 Å². The largest absolute Gasteiger partial charge is 0.512 e. The zero-order valence-corrected chi connectivity index (χ0v) is 29.5. The van der Waals surface area contributed by atoms with E-state index < -0.39 is 0 Å². The topological polar surface area (TPSA) is 76.2 Å². The van der Waals surface area contributed by atoms with Crippen molar-refractivity contribution < 1.29 is 34.4 Å². The maximum Gasteiger partial charge on any atom is 0.162 e. The van der Waals surface area contributed by atoms with Crippen LogP contribution in [0.4, 0.5) is 0 Å². The number of hydrogen-bond acceptors (Lipinski definition) is 5. The predicted molar refractivity (Wildman–Crippen MR) is 185 cm³/mol. The number of nitrogens with zero attached hydrogens (tertiary/aromatic N) is 2. The molecule has 0 amide bonds. The zero-order chi connectivity index (χ0) is 31.9. The summed E-state index contributed by atoms with van der Waals surface area (Å²) in [6.45, 7) is 10.2. The molecule has 3 heterocycles. The van der Waals surface area contributed by atoms with Gasteiger partial charge in [-0.05, 0) is 54.5 Å². The summed E-state index contributed by atoms with van der Waals surface area (Å²) in [7, 11) is 0. The first-order valence-electron chi connectivity index (χ1n) is 16.0. The van der Waals surface area contributed by atoms with Crippen molar-refractivity contribution in [2.24, 2.45) is 11.8 Å². The molecule has 1 radical (unpaired) electrons. The van der Waals surface area contributed by atoms with Crippen LogP contribution in [0, 0.1) is 24.8 Å². The van der Waals surface area contributed by atoms with Gasteiger partial charge in [-0.3, -0.25) is 9.78 Å². The quantitative estimate of drug-likeness (QED) is 0.0897. The van der Waals surface area contributed by atoms with E-state index in [9.17, 15) is 9.90 Å². The van der Waals surface area contributed by atoms with Gasteiger partial charge in [0, 0.05) is 72.9 Å². The van der Waals surface area contributed by atoms with Gasteiger partial charge in [-0.25, -0.2) is 0 Å². The minimum atomic E-state index is 0. The molecule has 0 saturated carbocycles. The van der Waals surface area contributed by atoms with Gasteiger partial charge in [0.25, 0.3) is 0 Å². The smallest absolute Gasteiger partial charge is 0.162 e. The number of fused-ring (bicyclic) bond motifs is 4. The first-order valence-corrected chi connectivity index (χ1v) is 16.0. The molecule has 46 heavy (non-hydrogen) atoms. The number of rotatable bonds is 9. The summed E-state index contributed by atoms with van der Waals surface area (Å²) in [5.41, 5.74) is 6.77. The minimum Gasteiger partial charge on any atom is -0.512 e. The Morgan fingerprint density at radius 1 is 0.848 bits per heavy atom. The molecule has 6 aromatic rings. The van der Waals surface area contributed by atoms with Gasteiger partial charge < -0.3 is 14.5 Å². The van der Waals surface area contributed by atoms with E-state index in [2.05, 4.69) is 59.4 Å². The number of para-hydroxylation sites is 1. The third-order valence-electron chi connectivity index (χ3n) is 8.75. The average Bonchev–Trinajstić information content (AvgIpc) is 3.47. The van der Waals surface area contributed by atoms with Gasteiger partial charge >= 0.3 is 0 Å². The van der Waals surface area contributed by atoms with Crippen molar-refractivity contribution in [2.45, 2.75) is 60.3 Å². The number of aromatic nitrogens is 2. The molecule has 0 saturated heterocycles. The molecule has 5 nitrogen and oxygen atoms in total. The summed E-state index contributed by atoms with van der Waals surface area (Å²) in [5.74, 6) is 0.547. The van der Waals surface area contributed by atoms with E-state index in [0.29, 0.717) is 0 Å². The molecule has 0 unspecified atom stereocenters. The summed E-state index contributed by atoms with van der Waals surface area (Å²) < 4.78 is 6.56. The molecular weight excluding hydrogens is 749 g/mol. The van der Waals surface area contributed by atoms with Gasteiger partial charge in [0.15, 0.2) is 5.78 Å². The molecule has 6 heteroatoms. The van der Waals surface area contributed by atoms with Crippen molar-refractivity contribution in [3.8, 4) is 22.4 Å². The fourth-order valence-corrected chi connectivity index (χ4v) is 6.05. The fourth-order valence-electron chi connectivity index (χ4n) is 6.05. The molecule has 6 rings (SSSR count). The number of ketones is 1. The molecule has 0 aliphatic heterocycles. The predicted octanol–water partition coefficient (Wildman–Crippen LogP) is 10.8. The van der Waals surface area contributed by atoms with Gasteiger partial charge in [0.1, 0.15) is 5.58 Å². The number of carbonyl (C=O) groups is 1. The van der Waals surface area contributed by atoms with Crippen LogP contribution in [0.5, 0.6) is 0 Å². The van der Waals surface area contributed by atoms with Crippen molar-refractivity contribution in [2.75, 3.05) is 0 Å². The van der Waals surface area contributed by atoms with Crippen LogP contribution in [0.15, 0.2) is 102 Å². The van der Waals surface area contributed by atoms with Crippen LogP contribution in [-0.2, 0) is 24.9 Å².